The normalized spacial score (nSPS) is 12.1. The lowest BCUT2D eigenvalue weighted by Gasteiger charge is -2.09. The summed E-state index contributed by atoms with van der Waals surface area (Å²) in [5, 5.41) is 10.1. The van der Waals surface area contributed by atoms with Crippen molar-refractivity contribution in [1.29, 1.82) is 0 Å². The molecule has 0 aliphatic rings. The number of halogens is 1. The van der Waals surface area contributed by atoms with Crippen molar-refractivity contribution in [3.8, 4) is 0 Å². The molecule has 0 radical (unpaired) electrons. The first-order valence-electron chi connectivity index (χ1n) is 5.95. The van der Waals surface area contributed by atoms with Crippen LogP contribution in [0.1, 0.15) is 42.9 Å². The van der Waals surface area contributed by atoms with Crippen molar-refractivity contribution >= 4 is 18.3 Å². The van der Waals surface area contributed by atoms with E-state index >= 15 is 0 Å². The summed E-state index contributed by atoms with van der Waals surface area (Å²) in [4.78, 5) is 11.8. The number of hydrogen-bond donors (Lipinski definition) is 2. The van der Waals surface area contributed by atoms with Crippen LogP contribution in [0.5, 0.6) is 0 Å². The number of nitrogens with zero attached hydrogens (tertiary/aromatic N) is 2. The predicted octanol–water partition coefficient (Wildman–Crippen LogP) is 1.30. The fourth-order valence-corrected chi connectivity index (χ4v) is 1.57. The number of aromatic nitrogens is 2. The Morgan fingerprint density at radius 3 is 2.50 bits per heavy atom. The van der Waals surface area contributed by atoms with E-state index in [0.717, 1.165) is 5.69 Å². The highest BCUT2D eigenvalue weighted by atomic mass is 35.5. The van der Waals surface area contributed by atoms with Gasteiger partial charge in [0.1, 0.15) is 5.69 Å². The molecule has 1 heterocycles. The van der Waals surface area contributed by atoms with Crippen molar-refractivity contribution < 1.29 is 4.79 Å². The van der Waals surface area contributed by atoms with E-state index in [1.54, 1.807) is 4.68 Å². The lowest BCUT2D eigenvalue weighted by Crippen LogP contribution is -2.37. The maximum atomic E-state index is 11.8. The van der Waals surface area contributed by atoms with Gasteiger partial charge in [-0.25, -0.2) is 0 Å². The topological polar surface area (TPSA) is 58.9 Å². The summed E-state index contributed by atoms with van der Waals surface area (Å²) in [7, 11) is 3.73. The van der Waals surface area contributed by atoms with Gasteiger partial charge in [0.05, 0.1) is 0 Å². The van der Waals surface area contributed by atoms with Crippen LogP contribution in [0.3, 0.4) is 0 Å². The fourth-order valence-electron chi connectivity index (χ4n) is 1.57. The van der Waals surface area contributed by atoms with Crippen molar-refractivity contribution in [2.24, 2.45) is 7.05 Å². The molecular weight excluding hydrogens is 252 g/mol. The number of amides is 1. The van der Waals surface area contributed by atoms with Gasteiger partial charge in [-0.2, -0.15) is 5.10 Å². The minimum atomic E-state index is -0.116. The molecule has 0 bridgehead atoms. The minimum Gasteiger partial charge on any atom is -0.349 e. The summed E-state index contributed by atoms with van der Waals surface area (Å²) in [5.41, 5.74) is 1.55. The van der Waals surface area contributed by atoms with Crippen LogP contribution >= 0.6 is 12.4 Å². The smallest absolute Gasteiger partial charge is 0.271 e. The Bertz CT molecular complexity index is 389. The van der Waals surface area contributed by atoms with Gasteiger partial charge in [-0.15, -0.1) is 12.4 Å². The average molecular weight is 275 g/mol. The van der Waals surface area contributed by atoms with Crippen molar-refractivity contribution in [2.45, 2.75) is 32.7 Å². The highest BCUT2D eigenvalue weighted by Crippen LogP contribution is 2.14. The molecule has 0 saturated carbocycles. The third-order valence-corrected chi connectivity index (χ3v) is 2.80. The lowest BCUT2D eigenvalue weighted by molar-refractivity contribution is 0.0945. The zero-order valence-electron chi connectivity index (χ0n) is 11.7. The van der Waals surface area contributed by atoms with Gasteiger partial charge in [0, 0.05) is 25.3 Å². The number of likely N-dealkylation sites (N-methyl/N-ethyl adjacent to an activating group) is 1. The monoisotopic (exact) mass is 274 g/mol. The van der Waals surface area contributed by atoms with Crippen LogP contribution in [0.15, 0.2) is 6.07 Å². The summed E-state index contributed by atoms with van der Waals surface area (Å²) >= 11 is 0. The van der Waals surface area contributed by atoms with E-state index in [1.807, 2.05) is 27.1 Å². The summed E-state index contributed by atoms with van der Waals surface area (Å²) in [5.74, 6) is 0.250. The third-order valence-electron chi connectivity index (χ3n) is 2.80. The van der Waals surface area contributed by atoms with Gasteiger partial charge < -0.3 is 10.6 Å². The highest BCUT2D eigenvalue weighted by molar-refractivity contribution is 5.92. The standard InChI is InChI=1S/C12H22N4O.ClH/c1-8(2)11-6-10(15-16(11)5)12(17)14-7-9(3)13-4;/h6,8-9,13H,7H2,1-5H3,(H,14,17);1H. The quantitative estimate of drug-likeness (QED) is 0.851. The zero-order chi connectivity index (χ0) is 13.0. The summed E-state index contributed by atoms with van der Waals surface area (Å²) in [6.07, 6.45) is 0. The Hall–Kier alpha value is -1.07. The maximum Gasteiger partial charge on any atom is 0.271 e. The van der Waals surface area contributed by atoms with Crippen LogP contribution in [0.4, 0.5) is 0 Å². The number of aryl methyl sites for hydroxylation is 1. The van der Waals surface area contributed by atoms with Crippen LogP contribution in [-0.2, 0) is 7.05 Å². The maximum absolute atomic E-state index is 11.8. The molecule has 18 heavy (non-hydrogen) atoms. The van der Waals surface area contributed by atoms with E-state index in [4.69, 9.17) is 0 Å². The first-order chi connectivity index (χ1) is 7.95. The Kier molecular flexibility index (Phi) is 6.94. The number of hydrogen-bond acceptors (Lipinski definition) is 3. The van der Waals surface area contributed by atoms with Gasteiger partial charge in [-0.05, 0) is 26.0 Å². The van der Waals surface area contributed by atoms with Gasteiger partial charge in [0.25, 0.3) is 5.91 Å². The summed E-state index contributed by atoms with van der Waals surface area (Å²) in [6, 6.07) is 2.11. The van der Waals surface area contributed by atoms with E-state index < -0.39 is 0 Å². The molecule has 0 saturated heterocycles. The van der Waals surface area contributed by atoms with Crippen LogP contribution in [0, 0.1) is 0 Å². The second-order valence-corrected chi connectivity index (χ2v) is 4.63. The largest absolute Gasteiger partial charge is 0.349 e. The SMILES string of the molecule is CNC(C)CNC(=O)c1cc(C(C)C)n(C)n1.Cl. The second-order valence-electron chi connectivity index (χ2n) is 4.63. The zero-order valence-corrected chi connectivity index (χ0v) is 12.5. The Balaban J connectivity index is 0.00000289. The van der Waals surface area contributed by atoms with Crippen molar-refractivity contribution in [3.05, 3.63) is 17.5 Å². The highest BCUT2D eigenvalue weighted by Gasteiger charge is 2.14. The molecule has 0 aliphatic carbocycles. The van der Waals surface area contributed by atoms with E-state index in [1.165, 1.54) is 0 Å². The van der Waals surface area contributed by atoms with Gasteiger partial charge in [0.15, 0.2) is 0 Å². The summed E-state index contributed by atoms with van der Waals surface area (Å²) < 4.78 is 1.76. The van der Waals surface area contributed by atoms with Gasteiger partial charge in [0.2, 0.25) is 0 Å². The average Bonchev–Trinajstić information content (AvgIpc) is 2.67. The molecule has 1 amide bonds. The first-order valence-corrected chi connectivity index (χ1v) is 5.95. The molecular formula is C12H23ClN4O. The Labute approximate surface area is 115 Å². The molecule has 1 atom stereocenters. The first kappa shape index (κ1) is 16.9. The molecule has 1 unspecified atom stereocenters. The second kappa shape index (κ2) is 7.38. The third kappa shape index (κ3) is 4.31. The molecule has 0 fully saturated rings. The number of rotatable bonds is 5. The molecule has 2 N–H and O–H groups in total. The number of nitrogens with one attached hydrogen (secondary N) is 2. The molecule has 1 aromatic heterocycles. The predicted molar refractivity (Wildman–Crippen MR) is 75.4 cm³/mol. The molecule has 6 heteroatoms. The van der Waals surface area contributed by atoms with Crippen LogP contribution < -0.4 is 10.6 Å². The minimum absolute atomic E-state index is 0. The van der Waals surface area contributed by atoms with E-state index in [-0.39, 0.29) is 24.4 Å². The molecule has 0 aromatic carbocycles. The van der Waals surface area contributed by atoms with E-state index in [9.17, 15) is 4.79 Å². The van der Waals surface area contributed by atoms with Crippen LogP contribution in [0.25, 0.3) is 0 Å². The summed E-state index contributed by atoms with van der Waals surface area (Å²) in [6.45, 7) is 6.78. The van der Waals surface area contributed by atoms with E-state index in [0.29, 0.717) is 18.2 Å². The van der Waals surface area contributed by atoms with E-state index in [2.05, 4.69) is 29.6 Å². The van der Waals surface area contributed by atoms with Crippen LogP contribution in [0.2, 0.25) is 0 Å². The van der Waals surface area contributed by atoms with Crippen molar-refractivity contribution in [1.82, 2.24) is 20.4 Å². The lowest BCUT2D eigenvalue weighted by atomic mass is 10.1. The fraction of sp³-hybridized carbons (Fsp3) is 0.667. The molecule has 1 rings (SSSR count). The molecule has 5 nitrogen and oxygen atoms in total. The van der Waals surface area contributed by atoms with Gasteiger partial charge in [-0.3, -0.25) is 9.48 Å². The number of carbonyl (C=O) groups is 1. The molecule has 104 valence electrons. The molecule has 1 aromatic rings. The Morgan fingerprint density at radius 2 is 2.06 bits per heavy atom. The molecule has 0 aliphatic heterocycles. The van der Waals surface area contributed by atoms with Gasteiger partial charge >= 0.3 is 0 Å². The Morgan fingerprint density at radius 1 is 1.44 bits per heavy atom. The van der Waals surface area contributed by atoms with Crippen molar-refractivity contribution in [3.63, 3.8) is 0 Å². The van der Waals surface area contributed by atoms with Crippen LogP contribution in [-0.4, -0.2) is 35.3 Å². The van der Waals surface area contributed by atoms with Gasteiger partial charge in [-0.1, -0.05) is 13.8 Å². The number of carbonyl (C=O) groups excluding carboxylic acids is 1. The van der Waals surface area contributed by atoms with Crippen molar-refractivity contribution in [2.75, 3.05) is 13.6 Å². The molecule has 0 spiro atoms.